The Balaban J connectivity index is 0.000001000. The zero-order valence-corrected chi connectivity index (χ0v) is 7.19. The average molecular weight is 243 g/mol. The van der Waals surface area contributed by atoms with Gasteiger partial charge in [-0.2, -0.15) is 0 Å². The molecule has 0 amide bonds. The normalized spacial score (nSPS) is 8.00. The van der Waals surface area contributed by atoms with Crippen molar-refractivity contribution >= 4 is 6.47 Å². The number of ether oxygens (including phenoxy) is 1. The second-order valence-electron chi connectivity index (χ2n) is 1.86. The molecule has 0 unspecified atom stereocenters. The van der Waals surface area contributed by atoms with Crippen molar-refractivity contribution in [3.63, 3.8) is 0 Å². The summed E-state index contributed by atoms with van der Waals surface area (Å²) < 4.78 is 4.41. The number of hydrogen-bond acceptors (Lipinski definition) is 2. The van der Waals surface area contributed by atoms with Gasteiger partial charge in [-0.05, 0) is 5.56 Å². The summed E-state index contributed by atoms with van der Waals surface area (Å²) in [6.07, 6.45) is 0. The van der Waals surface area contributed by atoms with E-state index in [1.54, 1.807) is 0 Å². The van der Waals surface area contributed by atoms with E-state index in [2.05, 4.69) is 4.74 Å². The van der Waals surface area contributed by atoms with Gasteiger partial charge in [-0.3, -0.25) is 0 Å². The van der Waals surface area contributed by atoms with Gasteiger partial charge in [-0.1, -0.05) is 36.8 Å². The summed E-state index contributed by atoms with van der Waals surface area (Å²) >= 11 is 0. The van der Waals surface area contributed by atoms with E-state index in [1.165, 1.54) is 6.47 Å². The van der Waals surface area contributed by atoms with Crippen LogP contribution in [0.2, 0.25) is 0 Å². The molecular formula is C8H7AgO2. The molecule has 2 nitrogen and oxygen atoms in total. The minimum atomic E-state index is 0. The van der Waals surface area contributed by atoms with E-state index in [-0.39, 0.29) is 22.4 Å². The van der Waals surface area contributed by atoms with E-state index in [0.29, 0.717) is 6.61 Å². The first-order chi connectivity index (χ1) is 4.93. The van der Waals surface area contributed by atoms with Gasteiger partial charge in [0.15, 0.2) is 0 Å². The number of rotatable bonds is 3. The largest absolute Gasteiger partial charge is 1.00 e. The molecule has 0 aliphatic heterocycles. The van der Waals surface area contributed by atoms with Gasteiger partial charge in [0.25, 0.3) is 0 Å². The fraction of sp³-hybridized carbons (Fsp3) is 0.125. The van der Waals surface area contributed by atoms with Gasteiger partial charge in [0, 0.05) is 0 Å². The maximum absolute atomic E-state index is 9.63. The number of hydrogen-bond donors (Lipinski definition) is 0. The fourth-order valence-corrected chi connectivity index (χ4v) is 0.687. The summed E-state index contributed by atoms with van der Waals surface area (Å²) in [5.41, 5.74) is 0.978. The molecule has 62 valence electrons. The van der Waals surface area contributed by atoms with E-state index in [9.17, 15) is 4.79 Å². The van der Waals surface area contributed by atoms with Gasteiger partial charge >= 0.3 is 22.4 Å². The van der Waals surface area contributed by atoms with Crippen molar-refractivity contribution in [1.29, 1.82) is 0 Å². The van der Waals surface area contributed by atoms with Crippen molar-refractivity contribution in [2.75, 3.05) is 0 Å². The van der Waals surface area contributed by atoms with E-state index in [1.807, 2.05) is 30.3 Å². The second-order valence-corrected chi connectivity index (χ2v) is 1.86. The van der Waals surface area contributed by atoms with Crippen molar-refractivity contribution in [2.45, 2.75) is 6.61 Å². The Labute approximate surface area is 81.1 Å². The maximum Gasteiger partial charge on any atom is 1.00 e. The zero-order valence-electron chi connectivity index (χ0n) is 5.71. The van der Waals surface area contributed by atoms with E-state index in [0.717, 1.165) is 5.56 Å². The summed E-state index contributed by atoms with van der Waals surface area (Å²) in [5.74, 6) is 0. The summed E-state index contributed by atoms with van der Waals surface area (Å²) in [4.78, 5) is 9.63. The van der Waals surface area contributed by atoms with Crippen molar-refractivity contribution in [3.05, 3.63) is 35.9 Å². The Morgan fingerprint density at radius 3 is 2.45 bits per heavy atom. The third-order valence-electron chi connectivity index (χ3n) is 1.14. The molecule has 0 aromatic heterocycles. The van der Waals surface area contributed by atoms with Crippen LogP contribution >= 0.6 is 0 Å². The Morgan fingerprint density at radius 1 is 1.27 bits per heavy atom. The molecule has 0 fully saturated rings. The van der Waals surface area contributed by atoms with E-state index >= 15 is 0 Å². The second kappa shape index (κ2) is 6.16. The molecule has 0 spiro atoms. The molecule has 0 aliphatic rings. The molecule has 0 bridgehead atoms. The predicted molar refractivity (Wildman–Crippen MR) is 36.9 cm³/mol. The van der Waals surface area contributed by atoms with Crippen LogP contribution in [0.25, 0.3) is 0 Å². The van der Waals surface area contributed by atoms with E-state index in [4.69, 9.17) is 0 Å². The maximum atomic E-state index is 9.63. The molecule has 0 radical (unpaired) electrons. The summed E-state index contributed by atoms with van der Waals surface area (Å²) in [6.45, 7) is 1.68. The molecule has 3 heteroatoms. The number of benzene rings is 1. The Morgan fingerprint density at radius 2 is 1.91 bits per heavy atom. The molecule has 0 aliphatic carbocycles. The molecule has 0 saturated heterocycles. The molecule has 0 heterocycles. The molecular weight excluding hydrogens is 236 g/mol. The van der Waals surface area contributed by atoms with Gasteiger partial charge < -0.3 is 9.53 Å². The molecule has 1 rings (SSSR count). The van der Waals surface area contributed by atoms with Gasteiger partial charge in [0.2, 0.25) is 0 Å². The van der Waals surface area contributed by atoms with Gasteiger partial charge in [-0.15, -0.1) is 0 Å². The number of carbonyl (C=O) groups excluding carboxylic acids is 1. The first-order valence-electron chi connectivity index (χ1n) is 2.96. The topological polar surface area (TPSA) is 26.3 Å². The molecule has 1 aromatic rings. The van der Waals surface area contributed by atoms with Crippen LogP contribution in [-0.4, -0.2) is 6.47 Å². The van der Waals surface area contributed by atoms with Gasteiger partial charge in [0.05, 0.1) is 6.61 Å². The van der Waals surface area contributed by atoms with Crippen LogP contribution in [0, 0.1) is 0 Å². The molecule has 0 N–H and O–H groups in total. The average Bonchev–Trinajstić information content (AvgIpc) is 2.03. The van der Waals surface area contributed by atoms with Crippen molar-refractivity contribution in [2.24, 2.45) is 0 Å². The van der Waals surface area contributed by atoms with Crippen molar-refractivity contribution in [3.8, 4) is 0 Å². The van der Waals surface area contributed by atoms with Crippen molar-refractivity contribution < 1.29 is 31.9 Å². The van der Waals surface area contributed by atoms with Crippen LogP contribution in [0.4, 0.5) is 0 Å². The fourth-order valence-electron chi connectivity index (χ4n) is 0.687. The minimum absolute atomic E-state index is 0. The molecule has 1 aromatic carbocycles. The summed E-state index contributed by atoms with van der Waals surface area (Å²) in [7, 11) is 0. The van der Waals surface area contributed by atoms with Crippen molar-refractivity contribution in [1.82, 2.24) is 0 Å². The summed E-state index contributed by atoms with van der Waals surface area (Å²) in [6, 6.07) is 9.47. The van der Waals surface area contributed by atoms with Crippen LogP contribution in [0.15, 0.2) is 30.3 Å². The Kier molecular flexibility index (Phi) is 5.84. The SMILES string of the molecule is O=[C-]OCc1ccccc1.[Ag+]. The first kappa shape index (κ1) is 10.4. The minimum Gasteiger partial charge on any atom is -0.650 e. The molecule has 0 atom stereocenters. The van der Waals surface area contributed by atoms with Gasteiger partial charge in [-0.25, -0.2) is 0 Å². The smallest absolute Gasteiger partial charge is 0.650 e. The van der Waals surface area contributed by atoms with Crippen LogP contribution in [0.3, 0.4) is 0 Å². The Bertz CT molecular complexity index is 199. The zero-order chi connectivity index (χ0) is 7.23. The predicted octanol–water partition coefficient (Wildman–Crippen LogP) is 1.27. The third kappa shape index (κ3) is 3.98. The van der Waals surface area contributed by atoms with Crippen LogP contribution < -0.4 is 0 Å². The van der Waals surface area contributed by atoms with Crippen LogP contribution in [-0.2, 0) is 38.5 Å². The monoisotopic (exact) mass is 242 g/mol. The Hall–Kier alpha value is -0.570. The van der Waals surface area contributed by atoms with Crippen LogP contribution in [0.1, 0.15) is 5.56 Å². The van der Waals surface area contributed by atoms with Gasteiger partial charge in [0.1, 0.15) is 0 Å². The third-order valence-corrected chi connectivity index (χ3v) is 1.14. The standard InChI is InChI=1S/C8H7O2.Ag/c9-7-10-6-8-4-2-1-3-5-8;/h1-5H,6H2;/q-1;+1. The summed E-state index contributed by atoms with van der Waals surface area (Å²) in [5, 5.41) is 0. The quantitative estimate of drug-likeness (QED) is 0.590. The van der Waals surface area contributed by atoms with Crippen LogP contribution in [0.5, 0.6) is 0 Å². The molecule has 0 saturated carbocycles. The van der Waals surface area contributed by atoms with E-state index < -0.39 is 0 Å². The molecule has 11 heavy (non-hydrogen) atoms. The first-order valence-corrected chi connectivity index (χ1v) is 2.96.